The normalized spacial score (nSPS) is 15.6. The number of benzene rings is 1. The highest BCUT2D eigenvalue weighted by Crippen LogP contribution is 2.25. The fourth-order valence-electron chi connectivity index (χ4n) is 2.21. The monoisotopic (exact) mass is 255 g/mol. The maximum atomic E-state index is 6.23. The topological polar surface area (TPSA) is 35.2 Å². The SMILES string of the molecule is COC(C(N)Cc1cccc(Cl)c1)C(C)(C)C. The van der Waals surface area contributed by atoms with Gasteiger partial charge in [0.15, 0.2) is 0 Å². The molecule has 1 rings (SSSR count). The molecule has 2 atom stereocenters. The molecule has 1 aromatic carbocycles. The minimum absolute atomic E-state index is 0.0291. The van der Waals surface area contributed by atoms with Gasteiger partial charge in [0.05, 0.1) is 6.10 Å². The van der Waals surface area contributed by atoms with E-state index in [-0.39, 0.29) is 17.6 Å². The molecule has 96 valence electrons. The summed E-state index contributed by atoms with van der Waals surface area (Å²) in [4.78, 5) is 0. The summed E-state index contributed by atoms with van der Waals surface area (Å²) < 4.78 is 5.52. The lowest BCUT2D eigenvalue weighted by Crippen LogP contribution is -2.46. The molecule has 1 aromatic rings. The third-order valence-electron chi connectivity index (χ3n) is 2.86. The van der Waals surface area contributed by atoms with Crippen molar-refractivity contribution in [1.82, 2.24) is 0 Å². The van der Waals surface area contributed by atoms with Crippen molar-refractivity contribution in [3.05, 3.63) is 34.9 Å². The molecule has 2 unspecified atom stereocenters. The molecule has 17 heavy (non-hydrogen) atoms. The van der Waals surface area contributed by atoms with Crippen molar-refractivity contribution in [3.8, 4) is 0 Å². The summed E-state index contributed by atoms with van der Waals surface area (Å²) in [6.07, 6.45) is 0.803. The van der Waals surface area contributed by atoms with Crippen LogP contribution < -0.4 is 5.73 Å². The van der Waals surface area contributed by atoms with Crippen LogP contribution in [-0.4, -0.2) is 19.3 Å². The molecule has 2 nitrogen and oxygen atoms in total. The number of hydrogen-bond donors (Lipinski definition) is 1. The highest BCUT2D eigenvalue weighted by atomic mass is 35.5. The van der Waals surface area contributed by atoms with Crippen molar-refractivity contribution in [1.29, 1.82) is 0 Å². The van der Waals surface area contributed by atoms with Crippen LogP contribution in [0.15, 0.2) is 24.3 Å². The van der Waals surface area contributed by atoms with Crippen molar-refractivity contribution in [2.75, 3.05) is 7.11 Å². The Morgan fingerprint density at radius 3 is 2.47 bits per heavy atom. The molecule has 0 spiro atoms. The van der Waals surface area contributed by atoms with Gasteiger partial charge in [-0.2, -0.15) is 0 Å². The van der Waals surface area contributed by atoms with E-state index in [0.29, 0.717) is 0 Å². The summed E-state index contributed by atoms with van der Waals surface area (Å²) in [7, 11) is 1.72. The van der Waals surface area contributed by atoms with Gasteiger partial charge < -0.3 is 10.5 Å². The lowest BCUT2D eigenvalue weighted by molar-refractivity contribution is -0.00165. The maximum Gasteiger partial charge on any atom is 0.0773 e. The molecule has 3 heteroatoms. The second kappa shape index (κ2) is 5.85. The summed E-state index contributed by atoms with van der Waals surface area (Å²) >= 11 is 5.96. The van der Waals surface area contributed by atoms with Crippen LogP contribution in [0.1, 0.15) is 26.3 Å². The minimum Gasteiger partial charge on any atom is -0.379 e. The van der Waals surface area contributed by atoms with Gasteiger partial charge in [-0.25, -0.2) is 0 Å². The first-order valence-electron chi connectivity index (χ1n) is 5.87. The number of methoxy groups -OCH3 is 1. The smallest absolute Gasteiger partial charge is 0.0773 e. The van der Waals surface area contributed by atoms with Gasteiger partial charge in [0, 0.05) is 18.2 Å². The molecular formula is C14H22ClNO. The Labute approximate surface area is 109 Å². The average Bonchev–Trinajstić information content (AvgIpc) is 2.15. The fraction of sp³-hybridized carbons (Fsp3) is 0.571. The van der Waals surface area contributed by atoms with E-state index in [1.807, 2.05) is 24.3 Å². The number of halogens is 1. The van der Waals surface area contributed by atoms with Gasteiger partial charge in [0.25, 0.3) is 0 Å². The van der Waals surface area contributed by atoms with Gasteiger partial charge in [-0.3, -0.25) is 0 Å². The molecule has 0 fully saturated rings. The first kappa shape index (κ1) is 14.5. The zero-order chi connectivity index (χ0) is 13.1. The molecule has 0 aliphatic carbocycles. The highest BCUT2D eigenvalue weighted by molar-refractivity contribution is 6.30. The molecule has 0 aromatic heterocycles. The third kappa shape index (κ3) is 4.30. The molecule has 0 heterocycles. The number of nitrogens with two attached hydrogens (primary N) is 1. The Morgan fingerprint density at radius 1 is 1.35 bits per heavy atom. The van der Waals surface area contributed by atoms with E-state index in [1.165, 1.54) is 0 Å². The molecule has 0 radical (unpaired) electrons. The van der Waals surface area contributed by atoms with Gasteiger partial charge in [-0.05, 0) is 29.5 Å². The van der Waals surface area contributed by atoms with Crippen LogP contribution >= 0.6 is 11.6 Å². The Balaban J connectivity index is 2.74. The van der Waals surface area contributed by atoms with Crippen LogP contribution in [0.4, 0.5) is 0 Å². The van der Waals surface area contributed by atoms with Gasteiger partial charge in [-0.1, -0.05) is 44.5 Å². The maximum absolute atomic E-state index is 6.23. The molecule has 0 bridgehead atoms. The Hall–Kier alpha value is -0.570. The quantitative estimate of drug-likeness (QED) is 0.896. The van der Waals surface area contributed by atoms with Gasteiger partial charge in [-0.15, -0.1) is 0 Å². The summed E-state index contributed by atoms with van der Waals surface area (Å²) in [5, 5.41) is 0.749. The van der Waals surface area contributed by atoms with E-state index >= 15 is 0 Å². The zero-order valence-corrected chi connectivity index (χ0v) is 11.8. The van der Waals surface area contributed by atoms with E-state index in [1.54, 1.807) is 7.11 Å². The van der Waals surface area contributed by atoms with Gasteiger partial charge >= 0.3 is 0 Å². The van der Waals surface area contributed by atoms with Gasteiger partial charge in [0.2, 0.25) is 0 Å². The van der Waals surface area contributed by atoms with Crippen molar-refractivity contribution < 1.29 is 4.74 Å². The van der Waals surface area contributed by atoms with Crippen molar-refractivity contribution in [2.45, 2.75) is 39.3 Å². The first-order chi connectivity index (χ1) is 7.84. The standard InChI is InChI=1S/C14H22ClNO/c1-14(2,3)13(17-4)12(16)9-10-6-5-7-11(15)8-10/h5-8,12-13H,9,16H2,1-4H3. The van der Waals surface area contributed by atoms with Crippen LogP contribution in [-0.2, 0) is 11.2 Å². The van der Waals surface area contributed by atoms with Crippen LogP contribution in [0.25, 0.3) is 0 Å². The summed E-state index contributed by atoms with van der Waals surface area (Å²) in [6.45, 7) is 6.41. The van der Waals surface area contributed by atoms with Crippen LogP contribution in [0.5, 0.6) is 0 Å². The van der Waals surface area contributed by atoms with Crippen LogP contribution in [0.3, 0.4) is 0 Å². The molecule has 0 amide bonds. The highest BCUT2D eigenvalue weighted by Gasteiger charge is 2.30. The summed E-state index contributed by atoms with van der Waals surface area (Å²) in [6, 6.07) is 7.79. The third-order valence-corrected chi connectivity index (χ3v) is 3.09. The lowest BCUT2D eigenvalue weighted by atomic mass is 9.83. The second-order valence-corrected chi connectivity index (χ2v) is 5.96. The molecule has 0 aliphatic heterocycles. The van der Waals surface area contributed by atoms with Gasteiger partial charge in [0.1, 0.15) is 0 Å². The molecule has 2 N–H and O–H groups in total. The second-order valence-electron chi connectivity index (χ2n) is 5.52. The van der Waals surface area contributed by atoms with Crippen LogP contribution in [0, 0.1) is 5.41 Å². The van der Waals surface area contributed by atoms with Crippen molar-refractivity contribution >= 4 is 11.6 Å². The largest absolute Gasteiger partial charge is 0.379 e. The van der Waals surface area contributed by atoms with E-state index in [4.69, 9.17) is 22.1 Å². The van der Waals surface area contributed by atoms with E-state index in [0.717, 1.165) is 17.0 Å². The first-order valence-corrected chi connectivity index (χ1v) is 6.25. The number of rotatable bonds is 4. The summed E-state index contributed by atoms with van der Waals surface area (Å²) in [5.74, 6) is 0. The molecule has 0 saturated carbocycles. The minimum atomic E-state index is -0.0292. The predicted molar refractivity (Wildman–Crippen MR) is 73.4 cm³/mol. The number of hydrogen-bond acceptors (Lipinski definition) is 2. The average molecular weight is 256 g/mol. The Kier molecular flexibility index (Phi) is 4.99. The Bertz CT molecular complexity index is 359. The predicted octanol–water partition coefficient (Wildman–Crippen LogP) is 3.27. The van der Waals surface area contributed by atoms with Crippen molar-refractivity contribution in [3.63, 3.8) is 0 Å². The zero-order valence-electron chi connectivity index (χ0n) is 11.0. The van der Waals surface area contributed by atoms with Crippen LogP contribution in [0.2, 0.25) is 5.02 Å². The molecular weight excluding hydrogens is 234 g/mol. The fourth-order valence-corrected chi connectivity index (χ4v) is 2.43. The van der Waals surface area contributed by atoms with E-state index < -0.39 is 0 Å². The number of ether oxygens (including phenoxy) is 1. The summed E-state index contributed by atoms with van der Waals surface area (Å²) in [5.41, 5.74) is 7.41. The van der Waals surface area contributed by atoms with E-state index in [9.17, 15) is 0 Å². The lowest BCUT2D eigenvalue weighted by Gasteiger charge is -2.34. The molecule has 0 saturated heterocycles. The Morgan fingerprint density at radius 2 is 2.00 bits per heavy atom. The molecule has 0 aliphatic rings. The van der Waals surface area contributed by atoms with E-state index in [2.05, 4.69) is 20.8 Å². The van der Waals surface area contributed by atoms with Crippen molar-refractivity contribution in [2.24, 2.45) is 11.1 Å².